The summed E-state index contributed by atoms with van der Waals surface area (Å²) in [6.07, 6.45) is 4.68. The van der Waals surface area contributed by atoms with Crippen LogP contribution in [0.1, 0.15) is 53.1 Å². The molecular formula is C26H31N7O2. The number of aromatic amines is 1. The van der Waals surface area contributed by atoms with Gasteiger partial charge in [-0.2, -0.15) is 5.21 Å². The van der Waals surface area contributed by atoms with Crippen LogP contribution in [0.2, 0.25) is 0 Å². The maximum absolute atomic E-state index is 12.3. The van der Waals surface area contributed by atoms with E-state index in [9.17, 15) is 9.59 Å². The minimum absolute atomic E-state index is 0.000104. The minimum atomic E-state index is -0.222. The SMILES string of the molecule is Cc1cccc(C(=O)NCC(=O)NC2CN(C3CCC(c4ccc(-c5nn[nH]n5)cc4)CC3)C2)c1. The summed E-state index contributed by atoms with van der Waals surface area (Å²) in [7, 11) is 0. The van der Waals surface area contributed by atoms with E-state index in [-0.39, 0.29) is 24.4 Å². The molecule has 0 unspecified atom stereocenters. The quantitative estimate of drug-likeness (QED) is 0.485. The Hall–Kier alpha value is -3.59. The number of nitrogens with one attached hydrogen (secondary N) is 3. The molecule has 1 aromatic heterocycles. The predicted molar refractivity (Wildman–Crippen MR) is 132 cm³/mol. The molecule has 1 saturated heterocycles. The summed E-state index contributed by atoms with van der Waals surface area (Å²) < 4.78 is 0. The summed E-state index contributed by atoms with van der Waals surface area (Å²) >= 11 is 0. The molecular weight excluding hydrogens is 442 g/mol. The van der Waals surface area contributed by atoms with Gasteiger partial charge in [-0.05, 0) is 61.4 Å². The van der Waals surface area contributed by atoms with Gasteiger partial charge in [0, 0.05) is 30.3 Å². The monoisotopic (exact) mass is 473 g/mol. The van der Waals surface area contributed by atoms with Gasteiger partial charge in [-0.3, -0.25) is 14.5 Å². The van der Waals surface area contributed by atoms with Crippen LogP contribution in [-0.4, -0.2) is 69.1 Å². The molecule has 0 spiro atoms. The molecule has 1 saturated carbocycles. The van der Waals surface area contributed by atoms with Crippen molar-refractivity contribution >= 4 is 11.8 Å². The van der Waals surface area contributed by atoms with Crippen LogP contribution >= 0.6 is 0 Å². The van der Waals surface area contributed by atoms with Gasteiger partial charge < -0.3 is 10.6 Å². The highest BCUT2D eigenvalue weighted by molar-refractivity contribution is 5.96. The number of hydrogen-bond acceptors (Lipinski definition) is 6. The molecule has 3 N–H and O–H groups in total. The molecule has 3 aromatic rings. The van der Waals surface area contributed by atoms with Gasteiger partial charge >= 0.3 is 0 Å². The highest BCUT2D eigenvalue weighted by Crippen LogP contribution is 2.36. The average Bonchev–Trinajstić information content (AvgIpc) is 3.40. The van der Waals surface area contributed by atoms with E-state index in [0.29, 0.717) is 23.3 Å². The van der Waals surface area contributed by atoms with Crippen LogP contribution in [0.5, 0.6) is 0 Å². The van der Waals surface area contributed by atoms with E-state index in [1.54, 1.807) is 6.07 Å². The number of likely N-dealkylation sites (tertiary alicyclic amines) is 1. The van der Waals surface area contributed by atoms with Crippen molar-refractivity contribution in [1.29, 1.82) is 0 Å². The number of H-pyrrole nitrogens is 1. The van der Waals surface area contributed by atoms with Gasteiger partial charge in [-0.15, -0.1) is 10.2 Å². The van der Waals surface area contributed by atoms with Crippen LogP contribution in [0, 0.1) is 6.92 Å². The summed E-state index contributed by atoms with van der Waals surface area (Å²) in [6.45, 7) is 3.70. The highest BCUT2D eigenvalue weighted by atomic mass is 16.2. The lowest BCUT2D eigenvalue weighted by Crippen LogP contribution is -2.63. The van der Waals surface area contributed by atoms with Gasteiger partial charge in [-0.1, -0.05) is 42.0 Å². The molecule has 2 heterocycles. The number of carbonyl (C=O) groups is 2. The van der Waals surface area contributed by atoms with Crippen molar-refractivity contribution in [2.45, 2.75) is 50.6 Å². The lowest BCUT2D eigenvalue weighted by atomic mass is 9.80. The van der Waals surface area contributed by atoms with Crippen molar-refractivity contribution in [3.8, 4) is 11.4 Å². The van der Waals surface area contributed by atoms with E-state index in [1.165, 1.54) is 31.2 Å². The van der Waals surface area contributed by atoms with E-state index < -0.39 is 0 Å². The van der Waals surface area contributed by atoms with Crippen molar-refractivity contribution in [1.82, 2.24) is 36.2 Å². The van der Waals surface area contributed by atoms with E-state index >= 15 is 0 Å². The zero-order valence-corrected chi connectivity index (χ0v) is 19.9. The molecule has 5 rings (SSSR count). The lowest BCUT2D eigenvalue weighted by Gasteiger charge is -2.46. The first-order chi connectivity index (χ1) is 17.0. The second-order valence-corrected chi connectivity index (χ2v) is 9.63. The van der Waals surface area contributed by atoms with Crippen LogP contribution in [0.15, 0.2) is 48.5 Å². The maximum atomic E-state index is 12.3. The van der Waals surface area contributed by atoms with Crippen LogP contribution in [0.25, 0.3) is 11.4 Å². The Labute approximate surface area is 204 Å². The number of hydrogen-bond donors (Lipinski definition) is 3. The fourth-order valence-electron chi connectivity index (χ4n) is 5.19. The number of rotatable bonds is 7. The van der Waals surface area contributed by atoms with Gasteiger partial charge in [0.05, 0.1) is 12.6 Å². The van der Waals surface area contributed by atoms with Crippen molar-refractivity contribution in [3.05, 3.63) is 65.2 Å². The number of aryl methyl sites for hydroxylation is 1. The molecule has 9 nitrogen and oxygen atoms in total. The summed E-state index contributed by atoms with van der Waals surface area (Å²) in [5.74, 6) is 0.844. The Morgan fingerprint density at radius 2 is 1.83 bits per heavy atom. The predicted octanol–water partition coefficient (Wildman–Crippen LogP) is 2.43. The van der Waals surface area contributed by atoms with Gasteiger partial charge in [0.25, 0.3) is 5.91 Å². The summed E-state index contributed by atoms with van der Waals surface area (Å²) in [5, 5.41) is 19.9. The van der Waals surface area contributed by atoms with Gasteiger partial charge in [0.15, 0.2) is 0 Å². The fraction of sp³-hybridized carbons (Fsp3) is 0.423. The fourth-order valence-corrected chi connectivity index (χ4v) is 5.19. The van der Waals surface area contributed by atoms with Crippen molar-refractivity contribution in [2.24, 2.45) is 0 Å². The first kappa shape index (κ1) is 23.2. The molecule has 35 heavy (non-hydrogen) atoms. The summed E-state index contributed by atoms with van der Waals surface area (Å²) in [4.78, 5) is 27.0. The van der Waals surface area contributed by atoms with Crippen LogP contribution in [0.4, 0.5) is 0 Å². The van der Waals surface area contributed by atoms with Gasteiger partial charge in [0.2, 0.25) is 11.7 Å². The number of carbonyl (C=O) groups excluding carboxylic acids is 2. The maximum Gasteiger partial charge on any atom is 0.251 e. The molecule has 2 aliphatic rings. The molecule has 1 aliphatic heterocycles. The van der Waals surface area contributed by atoms with Crippen LogP contribution in [0.3, 0.4) is 0 Å². The first-order valence-electron chi connectivity index (χ1n) is 12.3. The zero-order chi connectivity index (χ0) is 24.2. The Bertz CT molecular complexity index is 1150. The van der Waals surface area contributed by atoms with E-state index in [1.807, 2.05) is 25.1 Å². The highest BCUT2D eigenvalue weighted by Gasteiger charge is 2.35. The minimum Gasteiger partial charge on any atom is -0.349 e. The Kier molecular flexibility index (Phi) is 6.85. The number of aromatic nitrogens is 4. The second kappa shape index (κ2) is 10.4. The van der Waals surface area contributed by atoms with Crippen molar-refractivity contribution < 1.29 is 9.59 Å². The van der Waals surface area contributed by atoms with Crippen LogP contribution in [-0.2, 0) is 4.79 Å². The molecule has 2 fully saturated rings. The van der Waals surface area contributed by atoms with E-state index in [4.69, 9.17) is 0 Å². The van der Waals surface area contributed by atoms with E-state index in [2.05, 4.69) is 60.4 Å². The normalized spacial score (nSPS) is 20.7. The topological polar surface area (TPSA) is 116 Å². The molecule has 2 amide bonds. The standard InChI is InChI=1S/C26H31N7O2/c1-17-3-2-4-21(13-17)26(35)27-14-24(34)28-22-15-33(16-22)23-11-9-19(10-12-23)18-5-7-20(8-6-18)25-29-31-32-30-25/h2-8,13,19,22-23H,9-12,14-16H2,1H3,(H,27,35)(H,28,34)(H,29,30,31,32). The Morgan fingerprint density at radius 3 is 2.51 bits per heavy atom. The zero-order valence-electron chi connectivity index (χ0n) is 19.9. The third-order valence-corrected chi connectivity index (χ3v) is 7.16. The molecule has 0 bridgehead atoms. The molecule has 182 valence electrons. The lowest BCUT2D eigenvalue weighted by molar-refractivity contribution is -0.122. The molecule has 1 aliphatic carbocycles. The summed E-state index contributed by atoms with van der Waals surface area (Å²) in [5.41, 5.74) is 3.94. The van der Waals surface area contributed by atoms with Gasteiger partial charge in [0.1, 0.15) is 0 Å². The third-order valence-electron chi connectivity index (χ3n) is 7.16. The largest absolute Gasteiger partial charge is 0.349 e. The summed E-state index contributed by atoms with van der Waals surface area (Å²) in [6, 6.07) is 16.6. The third kappa shape index (κ3) is 5.57. The van der Waals surface area contributed by atoms with Crippen molar-refractivity contribution in [3.63, 3.8) is 0 Å². The number of amides is 2. The smallest absolute Gasteiger partial charge is 0.251 e. The van der Waals surface area contributed by atoms with Gasteiger partial charge in [-0.25, -0.2) is 0 Å². The second-order valence-electron chi connectivity index (χ2n) is 9.63. The number of benzene rings is 2. The average molecular weight is 474 g/mol. The molecule has 0 radical (unpaired) electrons. The first-order valence-corrected chi connectivity index (χ1v) is 12.3. The van der Waals surface area contributed by atoms with Crippen molar-refractivity contribution in [2.75, 3.05) is 19.6 Å². The van der Waals surface area contributed by atoms with Crippen LogP contribution < -0.4 is 10.6 Å². The Balaban J connectivity index is 1.01. The molecule has 9 heteroatoms. The Morgan fingerprint density at radius 1 is 1.06 bits per heavy atom. The van der Waals surface area contributed by atoms with E-state index in [0.717, 1.165) is 24.2 Å². The molecule has 2 aromatic carbocycles. The molecule has 0 atom stereocenters. The number of tetrazole rings is 1. The number of nitrogens with zero attached hydrogens (tertiary/aromatic N) is 4.